The number of hydrogen-bond acceptors (Lipinski definition) is 0. The molecule has 0 spiro atoms. The molecular formula is C24H45B. The van der Waals surface area contributed by atoms with Gasteiger partial charge in [0.05, 0.1) is 0 Å². The van der Waals surface area contributed by atoms with Crippen molar-refractivity contribution in [1.82, 2.24) is 0 Å². The van der Waals surface area contributed by atoms with Crippen LogP contribution in [-0.2, 0) is 0 Å². The Morgan fingerprint density at radius 3 is 0.720 bits per heavy atom. The molecule has 0 N–H and O–H groups in total. The van der Waals surface area contributed by atoms with Crippen LogP contribution in [0, 0.1) is 0 Å². The minimum absolute atomic E-state index is 1.09. The van der Waals surface area contributed by atoms with Crippen molar-refractivity contribution in [2.75, 3.05) is 0 Å². The second-order valence-electron chi connectivity index (χ2n) is 9.89. The fraction of sp³-hybridized carbons (Fsp3) is 1.00. The number of rotatable bonds is 3. The van der Waals surface area contributed by atoms with Crippen LogP contribution in [-0.4, -0.2) is 6.71 Å². The largest absolute Gasteiger partial charge is 0.149 e. The van der Waals surface area contributed by atoms with Crippen LogP contribution in [0.5, 0.6) is 0 Å². The predicted octanol–water partition coefficient (Wildman–Crippen LogP) is 8.82. The van der Waals surface area contributed by atoms with Crippen LogP contribution in [0.4, 0.5) is 0 Å². The highest BCUT2D eigenvalue weighted by Crippen LogP contribution is 2.47. The van der Waals surface area contributed by atoms with Gasteiger partial charge in [-0.05, 0) is 0 Å². The predicted molar refractivity (Wildman–Crippen MR) is 114 cm³/mol. The molecule has 0 nitrogen and oxygen atoms in total. The molecule has 0 aromatic carbocycles. The second kappa shape index (κ2) is 11.7. The monoisotopic (exact) mass is 344 g/mol. The van der Waals surface area contributed by atoms with Crippen molar-refractivity contribution in [3.63, 3.8) is 0 Å². The second-order valence-corrected chi connectivity index (χ2v) is 9.89. The van der Waals surface area contributed by atoms with Crippen molar-refractivity contribution in [3.05, 3.63) is 0 Å². The molecule has 0 aromatic heterocycles. The van der Waals surface area contributed by atoms with Crippen LogP contribution in [0.1, 0.15) is 135 Å². The van der Waals surface area contributed by atoms with Gasteiger partial charge in [0, 0.05) is 0 Å². The maximum Gasteiger partial charge on any atom is 0.149 e. The Morgan fingerprint density at radius 1 is 0.280 bits per heavy atom. The fourth-order valence-corrected chi connectivity index (χ4v) is 6.77. The molecular weight excluding hydrogens is 299 g/mol. The summed E-state index contributed by atoms with van der Waals surface area (Å²) < 4.78 is 0. The van der Waals surface area contributed by atoms with Crippen LogP contribution in [0.15, 0.2) is 0 Å². The fourth-order valence-electron chi connectivity index (χ4n) is 6.77. The minimum Gasteiger partial charge on any atom is -0.0617 e. The van der Waals surface area contributed by atoms with Gasteiger partial charge < -0.3 is 0 Å². The Kier molecular flexibility index (Phi) is 9.28. The summed E-state index contributed by atoms with van der Waals surface area (Å²) in [5.41, 5.74) is 0. The quantitative estimate of drug-likeness (QED) is 0.449. The highest BCUT2D eigenvalue weighted by molar-refractivity contribution is 6.63. The molecule has 0 aromatic rings. The van der Waals surface area contributed by atoms with Crippen LogP contribution >= 0.6 is 0 Å². The standard InChI is InChI=1S/C24H45B/c1-4-10-16-22(17-11-5-1)25(23-18-12-6-2-7-13-19-23)24-20-14-8-3-9-15-21-24/h22-24H,1-21H2. The highest BCUT2D eigenvalue weighted by atomic mass is 14.2. The molecule has 0 aliphatic heterocycles. The molecule has 3 aliphatic rings. The molecule has 3 saturated carbocycles. The van der Waals surface area contributed by atoms with E-state index in [1.54, 1.807) is 77.0 Å². The first-order valence-corrected chi connectivity index (χ1v) is 12.4. The maximum atomic E-state index is 1.58. The van der Waals surface area contributed by atoms with Crippen molar-refractivity contribution in [1.29, 1.82) is 0 Å². The molecule has 3 aliphatic carbocycles. The van der Waals surface area contributed by atoms with Gasteiger partial charge in [0.2, 0.25) is 0 Å². The van der Waals surface area contributed by atoms with E-state index in [4.69, 9.17) is 0 Å². The summed E-state index contributed by atoms with van der Waals surface area (Å²) in [5, 5.41) is 0. The van der Waals surface area contributed by atoms with Gasteiger partial charge in [-0.25, -0.2) is 0 Å². The lowest BCUT2D eigenvalue weighted by molar-refractivity contribution is 0.443. The summed E-state index contributed by atoms with van der Waals surface area (Å²) in [6, 6.07) is 0. The smallest absolute Gasteiger partial charge is 0.0617 e. The van der Waals surface area contributed by atoms with E-state index in [2.05, 4.69) is 0 Å². The zero-order valence-corrected chi connectivity index (χ0v) is 17.2. The lowest BCUT2D eigenvalue weighted by atomic mass is 9.24. The number of hydrogen-bond donors (Lipinski definition) is 0. The summed E-state index contributed by atoms with van der Waals surface area (Å²) in [4.78, 5) is 0. The van der Waals surface area contributed by atoms with E-state index in [1.807, 2.05) is 0 Å². The maximum absolute atomic E-state index is 1.58. The van der Waals surface area contributed by atoms with Gasteiger partial charge in [-0.1, -0.05) is 152 Å². The van der Waals surface area contributed by atoms with Gasteiger partial charge in [0.15, 0.2) is 0 Å². The molecule has 3 rings (SSSR count). The summed E-state index contributed by atoms with van der Waals surface area (Å²) in [6.45, 7) is 1.11. The van der Waals surface area contributed by atoms with Gasteiger partial charge in [-0.15, -0.1) is 0 Å². The molecule has 0 atom stereocenters. The summed E-state index contributed by atoms with van der Waals surface area (Å²) in [6.07, 6.45) is 32.5. The molecule has 25 heavy (non-hydrogen) atoms. The Morgan fingerprint density at radius 2 is 0.480 bits per heavy atom. The Balaban J connectivity index is 1.72. The van der Waals surface area contributed by atoms with E-state index < -0.39 is 0 Å². The normalized spacial score (nSPS) is 27.4. The van der Waals surface area contributed by atoms with Gasteiger partial charge in [0.1, 0.15) is 6.71 Å². The van der Waals surface area contributed by atoms with Crippen molar-refractivity contribution < 1.29 is 0 Å². The van der Waals surface area contributed by atoms with Crippen molar-refractivity contribution in [3.8, 4) is 0 Å². The molecule has 0 unspecified atom stereocenters. The van der Waals surface area contributed by atoms with Crippen LogP contribution in [0.25, 0.3) is 0 Å². The van der Waals surface area contributed by atoms with E-state index in [9.17, 15) is 0 Å². The van der Waals surface area contributed by atoms with Crippen LogP contribution in [0.2, 0.25) is 17.5 Å². The third-order valence-corrected chi connectivity index (χ3v) is 8.08. The van der Waals surface area contributed by atoms with E-state index in [0.29, 0.717) is 0 Å². The van der Waals surface area contributed by atoms with Gasteiger partial charge >= 0.3 is 0 Å². The SMILES string of the molecule is C1CCCC(B(C2CCCCCCC2)C2CCCCCCC2)CCC1. The zero-order chi connectivity index (χ0) is 17.2. The first-order valence-electron chi connectivity index (χ1n) is 12.4. The van der Waals surface area contributed by atoms with Crippen LogP contribution in [0.3, 0.4) is 0 Å². The Bertz CT molecular complexity index is 263. The third-order valence-electron chi connectivity index (χ3n) is 8.08. The molecule has 0 amide bonds. The van der Waals surface area contributed by atoms with E-state index in [0.717, 1.165) is 24.2 Å². The summed E-state index contributed by atoms with van der Waals surface area (Å²) in [5.74, 6) is 3.28. The van der Waals surface area contributed by atoms with E-state index >= 15 is 0 Å². The molecule has 0 saturated heterocycles. The molecule has 3 fully saturated rings. The average molecular weight is 344 g/mol. The lowest BCUT2D eigenvalue weighted by Gasteiger charge is -2.39. The molecule has 0 bridgehead atoms. The van der Waals surface area contributed by atoms with Crippen molar-refractivity contribution >= 4 is 6.71 Å². The molecule has 0 radical (unpaired) electrons. The Hall–Kier alpha value is 0.0649. The average Bonchev–Trinajstić information content (AvgIpc) is 2.51. The van der Waals surface area contributed by atoms with Crippen molar-refractivity contribution in [2.45, 2.75) is 152 Å². The summed E-state index contributed by atoms with van der Waals surface area (Å²) in [7, 11) is 0. The first-order chi connectivity index (χ1) is 12.4. The van der Waals surface area contributed by atoms with Gasteiger partial charge in [-0.3, -0.25) is 0 Å². The minimum atomic E-state index is 1.09. The molecule has 0 heterocycles. The first kappa shape index (κ1) is 19.8. The zero-order valence-electron chi connectivity index (χ0n) is 17.2. The topological polar surface area (TPSA) is 0 Å². The van der Waals surface area contributed by atoms with Crippen molar-refractivity contribution in [2.24, 2.45) is 0 Å². The van der Waals surface area contributed by atoms with Gasteiger partial charge in [0.25, 0.3) is 0 Å². The lowest BCUT2D eigenvalue weighted by Crippen LogP contribution is -2.34. The Labute approximate surface area is 159 Å². The third kappa shape index (κ3) is 6.62. The van der Waals surface area contributed by atoms with E-state index in [-0.39, 0.29) is 0 Å². The highest BCUT2D eigenvalue weighted by Gasteiger charge is 2.38. The molecule has 1 heteroatoms. The van der Waals surface area contributed by atoms with E-state index in [1.165, 1.54) is 57.8 Å². The van der Waals surface area contributed by atoms with Crippen LogP contribution < -0.4 is 0 Å². The summed E-state index contributed by atoms with van der Waals surface area (Å²) >= 11 is 0. The van der Waals surface area contributed by atoms with Gasteiger partial charge in [-0.2, -0.15) is 0 Å². The molecule has 144 valence electrons.